The molecule has 1 amide bonds. The number of amides is 1. The Labute approximate surface area is 181 Å². The number of fused-ring (bicyclic) bond motifs is 1. The molecular weight excluding hydrogens is 418 g/mol. The first-order chi connectivity index (χ1) is 14.2. The maximum Gasteiger partial charge on any atom is 0.240 e. The number of nitrogens with zero attached hydrogens (tertiary/aromatic N) is 1. The number of rotatable bonds is 7. The van der Waals surface area contributed by atoms with Gasteiger partial charge in [-0.05, 0) is 69.7 Å². The van der Waals surface area contributed by atoms with Crippen LogP contribution in [-0.2, 0) is 14.8 Å². The molecule has 0 aliphatic heterocycles. The fraction of sp³-hybridized carbons (Fsp3) is 0.273. The van der Waals surface area contributed by atoms with Crippen LogP contribution in [0.25, 0.3) is 10.9 Å². The fourth-order valence-corrected chi connectivity index (χ4v) is 5.13. The number of sulfonamides is 1. The van der Waals surface area contributed by atoms with Crippen molar-refractivity contribution < 1.29 is 13.2 Å². The van der Waals surface area contributed by atoms with Crippen molar-refractivity contribution in [2.75, 3.05) is 5.32 Å². The first-order valence-corrected chi connectivity index (χ1v) is 12.0. The molecule has 2 aromatic carbocycles. The van der Waals surface area contributed by atoms with E-state index in [1.54, 1.807) is 26.0 Å². The van der Waals surface area contributed by atoms with Crippen LogP contribution in [0.4, 0.5) is 5.69 Å². The number of pyridine rings is 1. The zero-order valence-electron chi connectivity index (χ0n) is 17.3. The maximum atomic E-state index is 12.6. The molecule has 3 rings (SSSR count). The summed E-state index contributed by atoms with van der Waals surface area (Å²) in [5.74, 6) is -0.177. The molecule has 1 aromatic heterocycles. The second-order valence-electron chi connectivity index (χ2n) is 7.34. The van der Waals surface area contributed by atoms with Crippen molar-refractivity contribution in [3.8, 4) is 0 Å². The SMILES string of the molecule is Cc1cc(S[C@H](C)C(=O)Nc2ccc(S(=O)(=O)NC(C)C)cc2)nc2ccccc12. The predicted molar refractivity (Wildman–Crippen MR) is 122 cm³/mol. The summed E-state index contributed by atoms with van der Waals surface area (Å²) in [5.41, 5.74) is 2.56. The zero-order chi connectivity index (χ0) is 21.9. The monoisotopic (exact) mass is 443 g/mol. The van der Waals surface area contributed by atoms with Gasteiger partial charge in [-0.15, -0.1) is 0 Å². The Balaban J connectivity index is 1.67. The average molecular weight is 444 g/mol. The highest BCUT2D eigenvalue weighted by atomic mass is 32.2. The number of para-hydroxylation sites is 1. The number of carbonyl (C=O) groups excluding carboxylic acids is 1. The molecular formula is C22H25N3O3S2. The molecule has 6 nitrogen and oxygen atoms in total. The highest BCUT2D eigenvalue weighted by molar-refractivity contribution is 8.00. The standard InChI is InChI=1S/C22H25N3O3S2/c1-14(2)25-30(27,28)18-11-9-17(10-12-18)23-22(26)16(4)29-21-13-15(3)19-7-5-6-8-20(19)24-21/h5-14,16,25H,1-4H3,(H,23,26)/t16-/m1/s1. The van der Waals surface area contributed by atoms with Crippen LogP contribution >= 0.6 is 11.8 Å². The second-order valence-corrected chi connectivity index (χ2v) is 10.4. The summed E-state index contributed by atoms with van der Waals surface area (Å²) in [7, 11) is -3.56. The number of benzene rings is 2. The van der Waals surface area contributed by atoms with Gasteiger partial charge >= 0.3 is 0 Å². The molecule has 0 aliphatic carbocycles. The van der Waals surface area contributed by atoms with E-state index in [9.17, 15) is 13.2 Å². The van der Waals surface area contributed by atoms with Crippen molar-refractivity contribution in [3.05, 3.63) is 60.2 Å². The lowest BCUT2D eigenvalue weighted by atomic mass is 10.1. The van der Waals surface area contributed by atoms with Gasteiger partial charge in [-0.25, -0.2) is 18.1 Å². The quantitative estimate of drug-likeness (QED) is 0.530. The van der Waals surface area contributed by atoms with Gasteiger partial charge in [0, 0.05) is 17.1 Å². The van der Waals surface area contributed by atoms with Crippen molar-refractivity contribution >= 4 is 44.3 Å². The Hall–Kier alpha value is -2.42. The van der Waals surface area contributed by atoms with Crippen LogP contribution in [0.15, 0.2) is 64.5 Å². The molecule has 2 N–H and O–H groups in total. The van der Waals surface area contributed by atoms with Crippen molar-refractivity contribution in [2.45, 2.75) is 48.9 Å². The van der Waals surface area contributed by atoms with Gasteiger partial charge in [0.15, 0.2) is 0 Å². The summed E-state index contributed by atoms with van der Waals surface area (Å²) in [6, 6.07) is 15.8. The van der Waals surface area contributed by atoms with Gasteiger partial charge in [-0.2, -0.15) is 0 Å². The lowest BCUT2D eigenvalue weighted by Gasteiger charge is -2.13. The average Bonchev–Trinajstić information content (AvgIpc) is 2.67. The van der Waals surface area contributed by atoms with E-state index >= 15 is 0 Å². The number of hydrogen-bond donors (Lipinski definition) is 2. The summed E-state index contributed by atoms with van der Waals surface area (Å²) in [6.07, 6.45) is 0. The number of aryl methyl sites for hydroxylation is 1. The Bertz CT molecular complexity index is 1160. The molecule has 1 atom stereocenters. The largest absolute Gasteiger partial charge is 0.325 e. The van der Waals surface area contributed by atoms with E-state index in [0.29, 0.717) is 5.69 Å². The van der Waals surface area contributed by atoms with Crippen LogP contribution in [0, 0.1) is 6.92 Å². The van der Waals surface area contributed by atoms with Gasteiger partial charge in [0.1, 0.15) is 0 Å². The number of nitrogens with one attached hydrogen (secondary N) is 2. The van der Waals surface area contributed by atoms with Crippen LogP contribution in [0.3, 0.4) is 0 Å². The number of anilines is 1. The molecule has 0 spiro atoms. The van der Waals surface area contributed by atoms with Crippen LogP contribution in [0.1, 0.15) is 26.3 Å². The predicted octanol–water partition coefficient (Wildman–Crippen LogP) is 4.35. The van der Waals surface area contributed by atoms with Crippen LogP contribution in [0.5, 0.6) is 0 Å². The van der Waals surface area contributed by atoms with Crippen molar-refractivity contribution in [2.24, 2.45) is 0 Å². The Morgan fingerprint density at radius 2 is 1.70 bits per heavy atom. The number of aromatic nitrogens is 1. The summed E-state index contributed by atoms with van der Waals surface area (Å²) >= 11 is 1.39. The smallest absolute Gasteiger partial charge is 0.240 e. The molecule has 0 saturated heterocycles. The number of carbonyl (C=O) groups is 1. The van der Waals surface area contributed by atoms with E-state index in [1.807, 2.05) is 44.2 Å². The van der Waals surface area contributed by atoms with Gasteiger partial charge in [0.05, 0.1) is 20.7 Å². The van der Waals surface area contributed by atoms with Gasteiger partial charge in [0.2, 0.25) is 15.9 Å². The Morgan fingerprint density at radius 1 is 1.03 bits per heavy atom. The third kappa shape index (κ3) is 5.38. The fourth-order valence-electron chi connectivity index (χ4n) is 2.95. The molecule has 0 fully saturated rings. The molecule has 8 heteroatoms. The minimum absolute atomic E-state index is 0.160. The molecule has 0 unspecified atom stereocenters. The molecule has 0 radical (unpaired) electrons. The molecule has 0 aliphatic rings. The highest BCUT2D eigenvalue weighted by Gasteiger charge is 2.18. The molecule has 1 heterocycles. The topological polar surface area (TPSA) is 88.2 Å². The van der Waals surface area contributed by atoms with Gasteiger partial charge in [-0.3, -0.25) is 4.79 Å². The third-order valence-electron chi connectivity index (χ3n) is 4.39. The van der Waals surface area contributed by atoms with Gasteiger partial charge in [0.25, 0.3) is 0 Å². The molecule has 158 valence electrons. The van der Waals surface area contributed by atoms with Crippen molar-refractivity contribution in [3.63, 3.8) is 0 Å². The number of hydrogen-bond acceptors (Lipinski definition) is 5. The van der Waals surface area contributed by atoms with E-state index in [0.717, 1.165) is 21.5 Å². The van der Waals surface area contributed by atoms with Crippen LogP contribution < -0.4 is 10.0 Å². The lowest BCUT2D eigenvalue weighted by Crippen LogP contribution is -2.30. The van der Waals surface area contributed by atoms with E-state index in [-0.39, 0.29) is 22.1 Å². The Kier molecular flexibility index (Phi) is 6.80. The first-order valence-electron chi connectivity index (χ1n) is 9.62. The summed E-state index contributed by atoms with van der Waals surface area (Å²) in [5, 5.41) is 4.34. The first kappa shape index (κ1) is 22.3. The van der Waals surface area contributed by atoms with E-state index < -0.39 is 10.0 Å². The van der Waals surface area contributed by atoms with Crippen LogP contribution in [-0.4, -0.2) is 30.6 Å². The molecule has 0 bridgehead atoms. The summed E-state index contributed by atoms with van der Waals surface area (Å²) in [6.45, 7) is 7.37. The minimum Gasteiger partial charge on any atom is -0.325 e. The third-order valence-corrected chi connectivity index (χ3v) is 7.08. The molecule has 3 aromatic rings. The minimum atomic E-state index is -3.56. The normalized spacial score (nSPS) is 12.8. The zero-order valence-corrected chi connectivity index (χ0v) is 19.0. The van der Waals surface area contributed by atoms with E-state index in [4.69, 9.17) is 0 Å². The lowest BCUT2D eigenvalue weighted by molar-refractivity contribution is -0.115. The van der Waals surface area contributed by atoms with Gasteiger partial charge in [-0.1, -0.05) is 30.0 Å². The summed E-state index contributed by atoms with van der Waals surface area (Å²) < 4.78 is 26.9. The summed E-state index contributed by atoms with van der Waals surface area (Å²) in [4.78, 5) is 17.4. The maximum absolute atomic E-state index is 12.6. The van der Waals surface area contributed by atoms with Gasteiger partial charge < -0.3 is 5.32 Å². The number of thioether (sulfide) groups is 1. The van der Waals surface area contributed by atoms with E-state index in [2.05, 4.69) is 15.0 Å². The highest BCUT2D eigenvalue weighted by Crippen LogP contribution is 2.27. The van der Waals surface area contributed by atoms with Crippen molar-refractivity contribution in [1.82, 2.24) is 9.71 Å². The molecule has 0 saturated carbocycles. The van der Waals surface area contributed by atoms with Crippen LogP contribution in [0.2, 0.25) is 0 Å². The second kappa shape index (κ2) is 9.16. The van der Waals surface area contributed by atoms with E-state index in [1.165, 1.54) is 23.9 Å². The molecule has 30 heavy (non-hydrogen) atoms. The Morgan fingerprint density at radius 3 is 2.37 bits per heavy atom. The van der Waals surface area contributed by atoms with Crippen molar-refractivity contribution in [1.29, 1.82) is 0 Å².